The molecule has 0 aliphatic carbocycles. The maximum absolute atomic E-state index is 11.0. The molecule has 1 aromatic rings. The van der Waals surface area contributed by atoms with Crippen molar-refractivity contribution in [3.8, 4) is 11.5 Å². The lowest BCUT2D eigenvalue weighted by Crippen LogP contribution is -2.16. The van der Waals surface area contributed by atoms with Crippen molar-refractivity contribution in [1.29, 1.82) is 0 Å². The van der Waals surface area contributed by atoms with E-state index in [0.717, 1.165) is 37.7 Å². The summed E-state index contributed by atoms with van der Waals surface area (Å²) in [5, 5.41) is 11.0. The van der Waals surface area contributed by atoms with Crippen LogP contribution in [0.2, 0.25) is 19.6 Å². The molecule has 0 spiro atoms. The molecule has 0 saturated carbocycles. The van der Waals surface area contributed by atoms with E-state index in [-0.39, 0.29) is 0 Å². The third-order valence-corrected chi connectivity index (χ3v) is 5.22. The molecule has 1 unspecified atom stereocenters. The Kier molecular flexibility index (Phi) is 9.86. The van der Waals surface area contributed by atoms with E-state index < -0.39 is 14.2 Å². The SMILES string of the molecule is CCCC/C(CC#C[Si](C)(C)C)=C(/CCCC)C(O)c1ccccc1. The van der Waals surface area contributed by atoms with E-state index in [9.17, 15) is 5.11 Å². The molecule has 0 aromatic heterocycles. The van der Waals surface area contributed by atoms with E-state index in [4.69, 9.17) is 0 Å². The Morgan fingerprint density at radius 2 is 1.60 bits per heavy atom. The third-order valence-electron chi connectivity index (χ3n) is 4.30. The second-order valence-electron chi connectivity index (χ2n) is 7.88. The third kappa shape index (κ3) is 8.56. The molecule has 0 heterocycles. The number of allylic oxidation sites excluding steroid dienone is 1. The van der Waals surface area contributed by atoms with Gasteiger partial charge in [-0.2, -0.15) is 0 Å². The predicted molar refractivity (Wildman–Crippen MR) is 113 cm³/mol. The molecule has 1 nitrogen and oxygen atoms in total. The minimum absolute atomic E-state index is 0.492. The Morgan fingerprint density at radius 1 is 1.00 bits per heavy atom. The topological polar surface area (TPSA) is 20.2 Å². The van der Waals surface area contributed by atoms with Gasteiger partial charge in [0.25, 0.3) is 0 Å². The Morgan fingerprint density at radius 3 is 2.16 bits per heavy atom. The highest BCUT2D eigenvalue weighted by atomic mass is 28.3. The van der Waals surface area contributed by atoms with E-state index in [0.29, 0.717) is 0 Å². The highest BCUT2D eigenvalue weighted by molar-refractivity contribution is 6.83. The van der Waals surface area contributed by atoms with Gasteiger partial charge < -0.3 is 5.11 Å². The first-order valence-electron chi connectivity index (χ1n) is 9.82. The Bertz CT molecular complexity index is 584. The van der Waals surface area contributed by atoms with Crippen LogP contribution in [0.5, 0.6) is 0 Å². The van der Waals surface area contributed by atoms with Crippen molar-refractivity contribution in [1.82, 2.24) is 0 Å². The Labute approximate surface area is 156 Å². The molecule has 0 aliphatic heterocycles. The van der Waals surface area contributed by atoms with Crippen LogP contribution in [0.4, 0.5) is 0 Å². The van der Waals surface area contributed by atoms with Gasteiger partial charge in [0.05, 0.1) is 0 Å². The molecule has 0 bridgehead atoms. The van der Waals surface area contributed by atoms with Crippen molar-refractivity contribution in [2.75, 3.05) is 0 Å². The van der Waals surface area contributed by atoms with Gasteiger partial charge >= 0.3 is 0 Å². The molecule has 0 fully saturated rings. The average molecular weight is 357 g/mol. The molecule has 0 aliphatic rings. The first-order valence-corrected chi connectivity index (χ1v) is 13.3. The van der Waals surface area contributed by atoms with Gasteiger partial charge in [0.1, 0.15) is 14.2 Å². The fourth-order valence-corrected chi connectivity index (χ4v) is 3.50. The van der Waals surface area contributed by atoms with Crippen LogP contribution in [0.1, 0.15) is 70.5 Å². The highest BCUT2D eigenvalue weighted by Gasteiger charge is 2.17. The minimum Gasteiger partial charge on any atom is -0.384 e. The largest absolute Gasteiger partial charge is 0.384 e. The summed E-state index contributed by atoms with van der Waals surface area (Å²) >= 11 is 0. The van der Waals surface area contributed by atoms with Gasteiger partial charge in [-0.3, -0.25) is 0 Å². The molecular weight excluding hydrogens is 320 g/mol. The first-order chi connectivity index (χ1) is 11.9. The van der Waals surface area contributed by atoms with Crippen LogP contribution in [0.3, 0.4) is 0 Å². The summed E-state index contributed by atoms with van der Waals surface area (Å²) in [6.45, 7) is 11.3. The van der Waals surface area contributed by atoms with Crippen molar-refractivity contribution in [3.05, 3.63) is 47.0 Å². The Balaban J connectivity index is 3.18. The van der Waals surface area contributed by atoms with Crippen LogP contribution >= 0.6 is 0 Å². The van der Waals surface area contributed by atoms with Crippen LogP contribution in [0.25, 0.3) is 0 Å². The smallest absolute Gasteiger partial charge is 0.129 e. The van der Waals surface area contributed by atoms with Gasteiger partial charge in [-0.05, 0) is 36.8 Å². The zero-order valence-corrected chi connectivity index (χ0v) is 17.9. The van der Waals surface area contributed by atoms with Crippen molar-refractivity contribution < 1.29 is 5.11 Å². The molecule has 1 atom stereocenters. The summed E-state index contributed by atoms with van der Waals surface area (Å²) in [5.41, 5.74) is 7.08. The number of hydrogen-bond acceptors (Lipinski definition) is 1. The lowest BCUT2D eigenvalue weighted by molar-refractivity contribution is 0.208. The zero-order chi connectivity index (χ0) is 18.7. The quantitative estimate of drug-likeness (QED) is 0.298. The van der Waals surface area contributed by atoms with Gasteiger partial charge in [0.2, 0.25) is 0 Å². The lowest BCUT2D eigenvalue weighted by atomic mass is 9.89. The first kappa shape index (κ1) is 21.7. The van der Waals surface area contributed by atoms with Gasteiger partial charge in [0, 0.05) is 6.42 Å². The fourth-order valence-electron chi connectivity index (χ4n) is 2.88. The monoisotopic (exact) mass is 356 g/mol. The molecule has 0 saturated heterocycles. The zero-order valence-electron chi connectivity index (χ0n) is 16.9. The fraction of sp³-hybridized carbons (Fsp3) is 0.565. The maximum Gasteiger partial charge on any atom is 0.129 e. The number of hydrogen-bond donors (Lipinski definition) is 1. The van der Waals surface area contributed by atoms with Gasteiger partial charge in [-0.25, -0.2) is 0 Å². The molecule has 2 heteroatoms. The van der Waals surface area contributed by atoms with Crippen LogP contribution in [-0.4, -0.2) is 13.2 Å². The second-order valence-corrected chi connectivity index (χ2v) is 12.6. The lowest BCUT2D eigenvalue weighted by Gasteiger charge is -2.20. The van der Waals surface area contributed by atoms with Crippen molar-refractivity contribution in [3.63, 3.8) is 0 Å². The normalized spacial score (nSPS) is 13.7. The predicted octanol–water partition coefficient (Wildman–Crippen LogP) is 6.67. The van der Waals surface area contributed by atoms with E-state index in [1.54, 1.807) is 0 Å². The summed E-state index contributed by atoms with van der Waals surface area (Å²) in [6, 6.07) is 10.1. The van der Waals surface area contributed by atoms with Crippen molar-refractivity contribution in [2.45, 2.75) is 84.5 Å². The van der Waals surface area contributed by atoms with Crippen LogP contribution in [0, 0.1) is 11.5 Å². The molecule has 1 aromatic carbocycles. The number of rotatable bonds is 9. The number of unbranched alkanes of at least 4 members (excludes halogenated alkanes) is 2. The highest BCUT2D eigenvalue weighted by Crippen LogP contribution is 2.31. The molecule has 1 rings (SSSR count). The average Bonchev–Trinajstić information content (AvgIpc) is 2.58. The molecule has 0 amide bonds. The summed E-state index contributed by atoms with van der Waals surface area (Å²) in [6.07, 6.45) is 6.96. The van der Waals surface area contributed by atoms with Gasteiger partial charge in [0.15, 0.2) is 0 Å². The van der Waals surface area contributed by atoms with Crippen molar-refractivity contribution in [2.24, 2.45) is 0 Å². The summed E-state index contributed by atoms with van der Waals surface area (Å²) in [5.74, 6) is 3.44. The van der Waals surface area contributed by atoms with Crippen molar-refractivity contribution >= 4 is 8.07 Å². The van der Waals surface area contributed by atoms with Crippen LogP contribution < -0.4 is 0 Å². The van der Waals surface area contributed by atoms with E-state index in [1.165, 1.54) is 24.0 Å². The van der Waals surface area contributed by atoms with Crippen LogP contribution in [-0.2, 0) is 0 Å². The number of aliphatic hydroxyl groups is 1. The molecular formula is C23H36OSi. The second kappa shape index (κ2) is 11.3. The summed E-state index contributed by atoms with van der Waals surface area (Å²) in [7, 11) is -1.35. The van der Waals surface area contributed by atoms with E-state index in [2.05, 4.69) is 45.0 Å². The van der Waals surface area contributed by atoms with Gasteiger partial charge in [-0.15, -0.1) is 11.5 Å². The molecule has 25 heavy (non-hydrogen) atoms. The molecule has 138 valence electrons. The maximum atomic E-state index is 11.0. The summed E-state index contributed by atoms with van der Waals surface area (Å²) in [4.78, 5) is 0. The standard InChI is InChI=1S/C23H36OSi/c1-6-8-14-20(17-13-19-25(3,4)5)22(18-9-7-2)23(24)21-15-11-10-12-16-21/h10-12,15-16,23-24H,6-9,14,17-18H2,1-5H3/b22-20+. The van der Waals surface area contributed by atoms with Crippen LogP contribution in [0.15, 0.2) is 41.5 Å². The number of benzene rings is 1. The van der Waals surface area contributed by atoms with E-state index in [1.807, 2.05) is 30.3 Å². The molecule has 0 radical (unpaired) electrons. The summed E-state index contributed by atoms with van der Waals surface area (Å²) < 4.78 is 0. The van der Waals surface area contributed by atoms with Gasteiger partial charge in [-0.1, -0.05) is 82.2 Å². The molecule has 1 N–H and O–H groups in total. The number of aliphatic hydroxyl groups excluding tert-OH is 1. The Hall–Kier alpha value is -1.30. The minimum atomic E-state index is -1.35. The van der Waals surface area contributed by atoms with E-state index >= 15 is 0 Å².